The number of nitrogens with two attached hydrogens (primary N) is 1. The smallest absolute Gasteiger partial charge is 0.227 e. The second-order valence-electron chi connectivity index (χ2n) is 4.19. The van der Waals surface area contributed by atoms with Gasteiger partial charge in [0.1, 0.15) is 0 Å². The first kappa shape index (κ1) is 10.0. The Morgan fingerprint density at radius 2 is 2.20 bits per heavy atom. The van der Waals surface area contributed by atoms with Gasteiger partial charge in [0.2, 0.25) is 5.91 Å². The highest BCUT2D eigenvalue weighted by Crippen LogP contribution is 2.28. The van der Waals surface area contributed by atoms with Gasteiger partial charge in [0.05, 0.1) is 0 Å². The number of aryl methyl sites for hydroxylation is 1. The van der Waals surface area contributed by atoms with Gasteiger partial charge in [-0.15, -0.1) is 0 Å². The van der Waals surface area contributed by atoms with Crippen LogP contribution < -0.4 is 11.1 Å². The maximum atomic E-state index is 11.6. The summed E-state index contributed by atoms with van der Waals surface area (Å²) in [4.78, 5) is 11.6. The quantitative estimate of drug-likeness (QED) is 0.726. The number of benzene rings is 1. The Kier molecular flexibility index (Phi) is 2.62. The minimum atomic E-state index is 0.129. The van der Waals surface area contributed by atoms with E-state index in [4.69, 9.17) is 5.73 Å². The first-order valence-electron chi connectivity index (χ1n) is 5.34. The lowest BCUT2D eigenvalue weighted by molar-refractivity contribution is -0.122. The molecule has 1 aromatic rings. The van der Waals surface area contributed by atoms with Crippen LogP contribution in [0.25, 0.3) is 0 Å². The topological polar surface area (TPSA) is 55.1 Å². The maximum absolute atomic E-state index is 11.6. The minimum Gasteiger partial charge on any atom is -0.398 e. The Hall–Kier alpha value is -1.51. The van der Waals surface area contributed by atoms with Crippen LogP contribution in [0.15, 0.2) is 18.2 Å². The Morgan fingerprint density at radius 3 is 2.73 bits per heavy atom. The molecule has 1 aliphatic rings. The van der Waals surface area contributed by atoms with Gasteiger partial charge in [0, 0.05) is 17.3 Å². The van der Waals surface area contributed by atoms with E-state index in [9.17, 15) is 4.79 Å². The highest BCUT2D eigenvalue weighted by molar-refractivity contribution is 5.93. The molecule has 1 aliphatic carbocycles. The predicted octanol–water partition coefficient (Wildman–Crippen LogP) is 2.32. The van der Waals surface area contributed by atoms with Crippen molar-refractivity contribution in [3.8, 4) is 0 Å². The molecule has 2 rings (SSSR count). The summed E-state index contributed by atoms with van der Waals surface area (Å²) in [7, 11) is 0. The van der Waals surface area contributed by atoms with Crippen LogP contribution in [0.1, 0.15) is 24.8 Å². The number of anilines is 2. The van der Waals surface area contributed by atoms with Crippen LogP contribution >= 0.6 is 0 Å². The van der Waals surface area contributed by atoms with Gasteiger partial charge in [0.25, 0.3) is 0 Å². The highest BCUT2D eigenvalue weighted by Gasteiger charge is 2.25. The van der Waals surface area contributed by atoms with Crippen LogP contribution in [0.4, 0.5) is 11.4 Å². The van der Waals surface area contributed by atoms with Crippen molar-refractivity contribution < 1.29 is 4.79 Å². The van der Waals surface area contributed by atoms with Gasteiger partial charge >= 0.3 is 0 Å². The van der Waals surface area contributed by atoms with Crippen molar-refractivity contribution in [3.63, 3.8) is 0 Å². The molecular weight excluding hydrogens is 188 g/mol. The number of carbonyl (C=O) groups is 1. The number of hydrogen-bond donors (Lipinski definition) is 2. The van der Waals surface area contributed by atoms with Gasteiger partial charge in [-0.3, -0.25) is 4.79 Å². The summed E-state index contributed by atoms with van der Waals surface area (Å²) in [6.45, 7) is 1.95. The lowest BCUT2D eigenvalue weighted by atomic mass is 9.85. The summed E-state index contributed by atoms with van der Waals surface area (Å²) in [6, 6.07) is 5.62. The van der Waals surface area contributed by atoms with Crippen molar-refractivity contribution in [2.75, 3.05) is 11.1 Å². The zero-order valence-corrected chi connectivity index (χ0v) is 8.92. The van der Waals surface area contributed by atoms with Crippen molar-refractivity contribution >= 4 is 17.3 Å². The van der Waals surface area contributed by atoms with E-state index in [1.165, 1.54) is 6.42 Å². The number of amides is 1. The Balaban J connectivity index is 2.03. The average molecular weight is 204 g/mol. The summed E-state index contributed by atoms with van der Waals surface area (Å²) >= 11 is 0. The zero-order valence-electron chi connectivity index (χ0n) is 8.92. The molecule has 1 saturated carbocycles. The normalized spacial score (nSPS) is 15.8. The van der Waals surface area contributed by atoms with E-state index in [2.05, 4.69) is 5.32 Å². The third kappa shape index (κ3) is 2.12. The van der Waals surface area contributed by atoms with Gasteiger partial charge in [-0.25, -0.2) is 0 Å². The van der Waals surface area contributed by atoms with Crippen LogP contribution in [0, 0.1) is 12.8 Å². The number of rotatable bonds is 2. The standard InChI is InChI=1S/C12H16N2O/c1-8-5-6-10(7-11(8)13)14-12(15)9-3-2-4-9/h5-7,9H,2-4,13H2,1H3,(H,14,15). The Morgan fingerprint density at radius 1 is 1.47 bits per heavy atom. The SMILES string of the molecule is Cc1ccc(NC(=O)C2CCC2)cc1N. The average Bonchev–Trinajstić information content (AvgIpc) is 2.08. The number of nitrogen functional groups attached to an aromatic ring is 1. The van der Waals surface area contributed by atoms with Gasteiger partial charge in [-0.1, -0.05) is 12.5 Å². The number of nitrogens with one attached hydrogen (secondary N) is 1. The van der Waals surface area contributed by atoms with E-state index in [0.717, 1.165) is 29.8 Å². The Labute approximate surface area is 89.7 Å². The molecule has 15 heavy (non-hydrogen) atoms. The monoisotopic (exact) mass is 204 g/mol. The molecule has 3 heteroatoms. The summed E-state index contributed by atoms with van der Waals surface area (Å²) in [5.74, 6) is 0.344. The van der Waals surface area contributed by atoms with Crippen LogP contribution in [0.3, 0.4) is 0 Å². The molecule has 1 aromatic carbocycles. The fourth-order valence-electron chi connectivity index (χ4n) is 1.63. The molecule has 0 unspecified atom stereocenters. The maximum Gasteiger partial charge on any atom is 0.227 e. The molecule has 3 nitrogen and oxygen atoms in total. The molecular formula is C12H16N2O. The minimum absolute atomic E-state index is 0.129. The summed E-state index contributed by atoms with van der Waals surface area (Å²) < 4.78 is 0. The fourth-order valence-corrected chi connectivity index (χ4v) is 1.63. The highest BCUT2D eigenvalue weighted by atomic mass is 16.1. The summed E-state index contributed by atoms with van der Waals surface area (Å²) in [5, 5.41) is 2.89. The van der Waals surface area contributed by atoms with Crippen LogP contribution in [-0.2, 0) is 4.79 Å². The second-order valence-corrected chi connectivity index (χ2v) is 4.19. The third-order valence-electron chi connectivity index (χ3n) is 3.02. The summed E-state index contributed by atoms with van der Waals surface area (Å²) in [5.41, 5.74) is 8.33. The van der Waals surface area contributed by atoms with Crippen molar-refractivity contribution in [2.45, 2.75) is 26.2 Å². The molecule has 0 radical (unpaired) electrons. The van der Waals surface area contributed by atoms with Crippen LogP contribution in [-0.4, -0.2) is 5.91 Å². The van der Waals surface area contributed by atoms with Gasteiger partial charge in [-0.2, -0.15) is 0 Å². The second kappa shape index (κ2) is 3.93. The van der Waals surface area contributed by atoms with Crippen molar-refractivity contribution in [3.05, 3.63) is 23.8 Å². The van der Waals surface area contributed by atoms with E-state index < -0.39 is 0 Å². The molecule has 3 N–H and O–H groups in total. The lowest BCUT2D eigenvalue weighted by Gasteiger charge is -2.24. The van der Waals surface area contributed by atoms with E-state index in [1.807, 2.05) is 25.1 Å². The van der Waals surface area contributed by atoms with E-state index in [-0.39, 0.29) is 11.8 Å². The molecule has 0 heterocycles. The molecule has 80 valence electrons. The van der Waals surface area contributed by atoms with Crippen molar-refractivity contribution in [1.29, 1.82) is 0 Å². The van der Waals surface area contributed by atoms with Crippen LogP contribution in [0.2, 0.25) is 0 Å². The Bertz CT molecular complexity index is 383. The van der Waals surface area contributed by atoms with E-state index >= 15 is 0 Å². The molecule has 0 aromatic heterocycles. The number of carbonyl (C=O) groups excluding carboxylic acids is 1. The first-order valence-corrected chi connectivity index (χ1v) is 5.34. The molecule has 0 saturated heterocycles. The van der Waals surface area contributed by atoms with E-state index in [1.54, 1.807) is 0 Å². The largest absolute Gasteiger partial charge is 0.398 e. The van der Waals surface area contributed by atoms with Crippen molar-refractivity contribution in [1.82, 2.24) is 0 Å². The zero-order chi connectivity index (χ0) is 10.8. The molecule has 0 atom stereocenters. The lowest BCUT2D eigenvalue weighted by Crippen LogP contribution is -2.28. The van der Waals surface area contributed by atoms with Crippen molar-refractivity contribution in [2.24, 2.45) is 5.92 Å². The number of hydrogen-bond acceptors (Lipinski definition) is 2. The van der Waals surface area contributed by atoms with Crippen LogP contribution in [0.5, 0.6) is 0 Å². The van der Waals surface area contributed by atoms with Gasteiger partial charge in [0.15, 0.2) is 0 Å². The van der Waals surface area contributed by atoms with E-state index in [0.29, 0.717) is 0 Å². The first-order chi connectivity index (χ1) is 7.16. The molecule has 0 aliphatic heterocycles. The molecule has 1 fully saturated rings. The fraction of sp³-hybridized carbons (Fsp3) is 0.417. The predicted molar refractivity (Wildman–Crippen MR) is 61.6 cm³/mol. The summed E-state index contributed by atoms with van der Waals surface area (Å²) in [6.07, 6.45) is 3.22. The van der Waals surface area contributed by atoms with Gasteiger partial charge in [-0.05, 0) is 37.5 Å². The van der Waals surface area contributed by atoms with Gasteiger partial charge < -0.3 is 11.1 Å². The molecule has 1 amide bonds. The molecule has 0 bridgehead atoms. The molecule has 0 spiro atoms. The third-order valence-corrected chi connectivity index (χ3v) is 3.02.